The van der Waals surface area contributed by atoms with E-state index in [4.69, 9.17) is 14.7 Å². The van der Waals surface area contributed by atoms with Gasteiger partial charge < -0.3 is 14.4 Å². The summed E-state index contributed by atoms with van der Waals surface area (Å²) in [5.41, 5.74) is 3.90. The second-order valence-electron chi connectivity index (χ2n) is 6.06. The number of carbonyl (C=O) groups is 1. The maximum atomic E-state index is 12.7. The summed E-state index contributed by atoms with van der Waals surface area (Å²) >= 11 is 0. The number of ether oxygens (including phenoxy) is 2. The molecule has 5 heteroatoms. The van der Waals surface area contributed by atoms with E-state index in [1.165, 1.54) is 7.11 Å². The first-order chi connectivity index (χ1) is 13.0. The van der Waals surface area contributed by atoms with Crippen LogP contribution < -0.4 is 14.4 Å². The molecule has 0 bridgehead atoms. The Labute approximate surface area is 160 Å². The smallest absolute Gasteiger partial charge is 0.250 e. The first-order valence-corrected chi connectivity index (χ1v) is 8.74. The molecule has 2 aromatic rings. The largest absolute Gasteiger partial charge is 0.493 e. The standard InChI is InChI=1S/C22H24N2O3/c1-5-24(19-14-16(2)6-7-17(19)3)22(25)11-9-18-8-10-20(27-13-12-23)21(15-18)26-4/h6-11,14-15H,5,13H2,1-4H3/b11-9+. The number of aryl methyl sites for hydroxylation is 2. The maximum Gasteiger partial charge on any atom is 0.250 e. The number of nitrogens with zero attached hydrogens (tertiary/aromatic N) is 2. The SMILES string of the molecule is CCN(C(=O)/C=C/c1ccc(OCC#N)c(OC)c1)c1cc(C)ccc1C. The lowest BCUT2D eigenvalue weighted by Crippen LogP contribution is -2.29. The quantitative estimate of drug-likeness (QED) is 0.688. The normalized spacial score (nSPS) is 10.5. The number of anilines is 1. The predicted molar refractivity (Wildman–Crippen MR) is 107 cm³/mol. The van der Waals surface area contributed by atoms with Gasteiger partial charge in [-0.25, -0.2) is 0 Å². The molecule has 5 nitrogen and oxygen atoms in total. The monoisotopic (exact) mass is 364 g/mol. The summed E-state index contributed by atoms with van der Waals surface area (Å²) < 4.78 is 10.6. The number of amides is 1. The third-order valence-corrected chi connectivity index (χ3v) is 4.14. The number of rotatable bonds is 7. The van der Waals surface area contributed by atoms with Gasteiger partial charge in [-0.3, -0.25) is 4.79 Å². The Morgan fingerprint density at radius 3 is 2.63 bits per heavy atom. The highest BCUT2D eigenvalue weighted by Gasteiger charge is 2.13. The molecule has 0 aliphatic heterocycles. The summed E-state index contributed by atoms with van der Waals surface area (Å²) in [5.74, 6) is 0.921. The predicted octanol–water partition coefficient (Wildman–Crippen LogP) is 4.28. The van der Waals surface area contributed by atoms with Crippen molar-refractivity contribution in [1.82, 2.24) is 0 Å². The highest BCUT2D eigenvalue weighted by Crippen LogP contribution is 2.28. The van der Waals surface area contributed by atoms with Crippen LogP contribution >= 0.6 is 0 Å². The second kappa shape index (κ2) is 9.44. The van der Waals surface area contributed by atoms with Crippen LogP contribution in [0.2, 0.25) is 0 Å². The zero-order chi connectivity index (χ0) is 19.8. The van der Waals surface area contributed by atoms with Gasteiger partial charge in [-0.2, -0.15) is 5.26 Å². The highest BCUT2D eigenvalue weighted by atomic mass is 16.5. The molecule has 0 spiro atoms. The van der Waals surface area contributed by atoms with Crippen molar-refractivity contribution >= 4 is 17.7 Å². The third kappa shape index (κ3) is 5.11. The molecule has 0 aliphatic carbocycles. The van der Waals surface area contributed by atoms with Gasteiger partial charge in [0.05, 0.1) is 7.11 Å². The van der Waals surface area contributed by atoms with Crippen LogP contribution in [-0.4, -0.2) is 26.2 Å². The highest BCUT2D eigenvalue weighted by molar-refractivity contribution is 6.04. The van der Waals surface area contributed by atoms with E-state index in [2.05, 4.69) is 0 Å². The molecule has 0 atom stereocenters. The van der Waals surface area contributed by atoms with Crippen molar-refractivity contribution in [1.29, 1.82) is 5.26 Å². The lowest BCUT2D eigenvalue weighted by molar-refractivity contribution is -0.114. The Morgan fingerprint density at radius 2 is 1.96 bits per heavy atom. The molecular weight excluding hydrogens is 340 g/mol. The minimum absolute atomic E-state index is 0.0503. The first kappa shape index (κ1) is 20.1. The van der Waals surface area contributed by atoms with Gasteiger partial charge in [0, 0.05) is 18.3 Å². The molecule has 0 aliphatic rings. The summed E-state index contributed by atoms with van der Waals surface area (Å²) in [6.07, 6.45) is 3.29. The lowest BCUT2D eigenvalue weighted by Gasteiger charge is -2.22. The van der Waals surface area contributed by atoms with Crippen molar-refractivity contribution in [2.45, 2.75) is 20.8 Å². The van der Waals surface area contributed by atoms with Gasteiger partial charge >= 0.3 is 0 Å². The van der Waals surface area contributed by atoms with Gasteiger partial charge in [-0.15, -0.1) is 0 Å². The van der Waals surface area contributed by atoms with E-state index in [1.54, 1.807) is 29.2 Å². The topological polar surface area (TPSA) is 62.6 Å². The van der Waals surface area contributed by atoms with Crippen LogP contribution in [0.5, 0.6) is 11.5 Å². The molecule has 0 radical (unpaired) electrons. The Morgan fingerprint density at radius 1 is 1.19 bits per heavy atom. The average Bonchev–Trinajstić information content (AvgIpc) is 2.68. The van der Waals surface area contributed by atoms with Crippen LogP contribution in [0.25, 0.3) is 6.08 Å². The van der Waals surface area contributed by atoms with Gasteiger partial charge in [0.1, 0.15) is 6.07 Å². The molecule has 140 valence electrons. The van der Waals surface area contributed by atoms with Crippen LogP contribution in [0, 0.1) is 25.2 Å². The summed E-state index contributed by atoms with van der Waals surface area (Å²) in [6, 6.07) is 13.3. The Balaban J connectivity index is 2.22. The van der Waals surface area contributed by atoms with Crippen LogP contribution in [-0.2, 0) is 4.79 Å². The fourth-order valence-electron chi connectivity index (χ4n) is 2.73. The molecule has 0 fully saturated rings. The molecule has 0 heterocycles. The second-order valence-corrected chi connectivity index (χ2v) is 6.06. The summed E-state index contributed by atoms with van der Waals surface area (Å²) in [6.45, 7) is 6.50. The van der Waals surface area contributed by atoms with E-state index in [0.717, 1.165) is 22.4 Å². The van der Waals surface area contributed by atoms with Crippen molar-refractivity contribution in [3.05, 3.63) is 59.2 Å². The minimum atomic E-state index is -0.0880. The van der Waals surface area contributed by atoms with E-state index in [0.29, 0.717) is 18.0 Å². The van der Waals surface area contributed by atoms with Crippen molar-refractivity contribution in [2.75, 3.05) is 25.2 Å². The minimum Gasteiger partial charge on any atom is -0.493 e. The number of nitriles is 1. The van der Waals surface area contributed by atoms with Gasteiger partial charge in [0.15, 0.2) is 18.1 Å². The van der Waals surface area contributed by atoms with Crippen LogP contribution in [0.1, 0.15) is 23.6 Å². The molecule has 0 aromatic heterocycles. The van der Waals surface area contributed by atoms with Crippen molar-refractivity contribution in [3.63, 3.8) is 0 Å². The number of hydrogen-bond donors (Lipinski definition) is 0. The van der Waals surface area contributed by atoms with Gasteiger partial charge in [-0.1, -0.05) is 18.2 Å². The van der Waals surface area contributed by atoms with E-state index in [9.17, 15) is 4.79 Å². The zero-order valence-electron chi connectivity index (χ0n) is 16.2. The molecule has 1 amide bonds. The van der Waals surface area contributed by atoms with E-state index in [-0.39, 0.29) is 12.5 Å². The molecule has 0 saturated carbocycles. The molecule has 0 N–H and O–H groups in total. The average molecular weight is 364 g/mol. The molecular formula is C22H24N2O3. The number of hydrogen-bond acceptors (Lipinski definition) is 4. The number of benzene rings is 2. The van der Waals surface area contributed by atoms with E-state index < -0.39 is 0 Å². The van der Waals surface area contributed by atoms with E-state index >= 15 is 0 Å². The fourth-order valence-corrected chi connectivity index (χ4v) is 2.73. The van der Waals surface area contributed by atoms with Gasteiger partial charge in [0.25, 0.3) is 5.91 Å². The number of likely N-dealkylation sites (N-methyl/N-ethyl adjacent to an activating group) is 1. The molecule has 2 aromatic carbocycles. The van der Waals surface area contributed by atoms with Crippen molar-refractivity contribution < 1.29 is 14.3 Å². The molecule has 2 rings (SSSR count). The number of carbonyl (C=O) groups excluding carboxylic acids is 1. The van der Waals surface area contributed by atoms with Crippen LogP contribution in [0.3, 0.4) is 0 Å². The summed E-state index contributed by atoms with van der Waals surface area (Å²) in [5, 5.41) is 8.63. The molecule has 0 unspecified atom stereocenters. The Bertz CT molecular complexity index is 882. The Hall–Kier alpha value is -3.26. The van der Waals surface area contributed by atoms with Crippen LogP contribution in [0.4, 0.5) is 5.69 Å². The number of methoxy groups -OCH3 is 1. The van der Waals surface area contributed by atoms with Crippen LogP contribution in [0.15, 0.2) is 42.5 Å². The zero-order valence-corrected chi connectivity index (χ0v) is 16.2. The van der Waals surface area contributed by atoms with E-state index in [1.807, 2.05) is 51.1 Å². The molecule has 27 heavy (non-hydrogen) atoms. The van der Waals surface area contributed by atoms with Gasteiger partial charge in [-0.05, 0) is 61.7 Å². The summed E-state index contributed by atoms with van der Waals surface area (Å²) in [4.78, 5) is 14.5. The molecule has 0 saturated heterocycles. The van der Waals surface area contributed by atoms with Crippen molar-refractivity contribution in [2.24, 2.45) is 0 Å². The van der Waals surface area contributed by atoms with Crippen molar-refractivity contribution in [3.8, 4) is 17.6 Å². The Kier molecular flexibility index (Phi) is 7.01. The fraction of sp³-hybridized carbons (Fsp3) is 0.273. The maximum absolute atomic E-state index is 12.7. The lowest BCUT2D eigenvalue weighted by atomic mass is 10.1. The van der Waals surface area contributed by atoms with Gasteiger partial charge in [0.2, 0.25) is 0 Å². The first-order valence-electron chi connectivity index (χ1n) is 8.74. The third-order valence-electron chi connectivity index (χ3n) is 4.14. The summed E-state index contributed by atoms with van der Waals surface area (Å²) in [7, 11) is 1.53.